The molecular formula is C8H8Cl3N. The zero-order valence-electron chi connectivity index (χ0n) is 6.18. The molecular weight excluding hydrogens is 216 g/mol. The number of benzene rings is 1. The summed E-state index contributed by atoms with van der Waals surface area (Å²) >= 11 is 16.9. The zero-order chi connectivity index (χ0) is 9.14. The van der Waals surface area contributed by atoms with E-state index in [1.54, 1.807) is 12.1 Å². The van der Waals surface area contributed by atoms with Crippen LogP contribution >= 0.6 is 34.8 Å². The summed E-state index contributed by atoms with van der Waals surface area (Å²) in [5.41, 5.74) is 6.56. The van der Waals surface area contributed by atoms with E-state index < -0.39 is 4.84 Å². The molecule has 0 aliphatic carbocycles. The van der Waals surface area contributed by atoms with E-state index in [1.165, 1.54) is 0 Å². The molecule has 66 valence electrons. The van der Waals surface area contributed by atoms with Crippen LogP contribution in [0, 0.1) is 0 Å². The largest absolute Gasteiger partial charge is 0.322 e. The van der Waals surface area contributed by atoms with Crippen molar-refractivity contribution in [2.24, 2.45) is 5.73 Å². The Hall–Kier alpha value is 0.0500. The van der Waals surface area contributed by atoms with Gasteiger partial charge in [0, 0.05) is 5.02 Å². The van der Waals surface area contributed by atoms with Gasteiger partial charge in [-0.3, -0.25) is 0 Å². The molecule has 1 aromatic rings. The molecule has 1 rings (SSSR count). The van der Waals surface area contributed by atoms with Gasteiger partial charge in [0.15, 0.2) is 0 Å². The van der Waals surface area contributed by atoms with E-state index in [9.17, 15) is 0 Å². The molecule has 0 aromatic heterocycles. The third-order valence-corrected chi connectivity index (χ3v) is 2.32. The van der Waals surface area contributed by atoms with Gasteiger partial charge >= 0.3 is 0 Å². The van der Waals surface area contributed by atoms with Crippen molar-refractivity contribution in [3.63, 3.8) is 0 Å². The minimum Gasteiger partial charge on any atom is -0.322 e. The molecule has 4 heteroatoms. The van der Waals surface area contributed by atoms with E-state index in [4.69, 9.17) is 40.5 Å². The Labute approximate surface area is 86.4 Å². The van der Waals surface area contributed by atoms with Crippen LogP contribution in [-0.4, -0.2) is 4.84 Å². The molecule has 0 aliphatic heterocycles. The topological polar surface area (TPSA) is 26.0 Å². The first-order valence-electron chi connectivity index (χ1n) is 3.40. The summed E-state index contributed by atoms with van der Waals surface area (Å²) in [7, 11) is 0. The van der Waals surface area contributed by atoms with E-state index in [0.29, 0.717) is 5.02 Å². The van der Waals surface area contributed by atoms with Crippen LogP contribution in [0.15, 0.2) is 24.3 Å². The predicted octanol–water partition coefficient (Wildman–Crippen LogP) is 3.14. The standard InChI is InChI=1S/C8H8Cl3N/c9-6-3-1-5(2-4-6)7(12)8(10)11/h1-4,7-8H,12H2. The molecule has 12 heavy (non-hydrogen) atoms. The molecule has 0 fully saturated rings. The first-order chi connectivity index (χ1) is 5.61. The average Bonchev–Trinajstić information content (AvgIpc) is 2.04. The Balaban J connectivity index is 2.82. The Morgan fingerprint density at radius 3 is 2.00 bits per heavy atom. The fraction of sp³-hybridized carbons (Fsp3) is 0.250. The third kappa shape index (κ3) is 2.53. The fourth-order valence-electron chi connectivity index (χ4n) is 0.830. The monoisotopic (exact) mass is 223 g/mol. The summed E-state index contributed by atoms with van der Waals surface area (Å²) in [6, 6.07) is 6.78. The van der Waals surface area contributed by atoms with Crippen LogP contribution in [0.4, 0.5) is 0 Å². The van der Waals surface area contributed by atoms with Crippen molar-refractivity contribution in [3.05, 3.63) is 34.9 Å². The smallest absolute Gasteiger partial charge is 0.127 e. The Bertz CT molecular complexity index is 245. The lowest BCUT2D eigenvalue weighted by atomic mass is 10.1. The predicted molar refractivity (Wildman–Crippen MR) is 53.9 cm³/mol. The first-order valence-corrected chi connectivity index (χ1v) is 4.65. The molecule has 0 aliphatic rings. The molecule has 0 radical (unpaired) electrons. The molecule has 1 nitrogen and oxygen atoms in total. The van der Waals surface area contributed by atoms with Crippen LogP contribution in [0.1, 0.15) is 11.6 Å². The van der Waals surface area contributed by atoms with Crippen LogP contribution in [0.5, 0.6) is 0 Å². The maximum Gasteiger partial charge on any atom is 0.127 e. The van der Waals surface area contributed by atoms with Gasteiger partial charge in [-0.05, 0) is 17.7 Å². The van der Waals surface area contributed by atoms with Gasteiger partial charge in [-0.1, -0.05) is 23.7 Å². The molecule has 2 N–H and O–H groups in total. The number of nitrogens with two attached hydrogens (primary N) is 1. The van der Waals surface area contributed by atoms with Crippen LogP contribution in [0.25, 0.3) is 0 Å². The van der Waals surface area contributed by atoms with E-state index in [1.807, 2.05) is 12.1 Å². The summed E-state index contributed by atoms with van der Waals surface area (Å²) < 4.78 is 0. The van der Waals surface area contributed by atoms with E-state index >= 15 is 0 Å². The minimum atomic E-state index is -0.592. The highest BCUT2D eigenvalue weighted by molar-refractivity contribution is 6.44. The van der Waals surface area contributed by atoms with Gasteiger partial charge in [-0.2, -0.15) is 0 Å². The van der Waals surface area contributed by atoms with Gasteiger partial charge < -0.3 is 5.73 Å². The van der Waals surface area contributed by atoms with Crippen molar-refractivity contribution in [2.45, 2.75) is 10.9 Å². The van der Waals surface area contributed by atoms with Crippen molar-refractivity contribution in [1.82, 2.24) is 0 Å². The van der Waals surface area contributed by atoms with Crippen molar-refractivity contribution in [2.75, 3.05) is 0 Å². The zero-order valence-corrected chi connectivity index (χ0v) is 8.44. The molecule has 0 saturated heterocycles. The highest BCUT2D eigenvalue weighted by Gasteiger charge is 2.13. The average molecular weight is 225 g/mol. The van der Waals surface area contributed by atoms with E-state index in [-0.39, 0.29) is 6.04 Å². The van der Waals surface area contributed by atoms with Gasteiger partial charge in [0.05, 0.1) is 6.04 Å². The van der Waals surface area contributed by atoms with Gasteiger partial charge in [-0.25, -0.2) is 0 Å². The van der Waals surface area contributed by atoms with Crippen LogP contribution < -0.4 is 5.73 Å². The number of hydrogen-bond donors (Lipinski definition) is 1. The van der Waals surface area contributed by atoms with E-state index in [0.717, 1.165) is 5.56 Å². The highest BCUT2D eigenvalue weighted by Crippen LogP contribution is 2.22. The summed E-state index contributed by atoms with van der Waals surface area (Å²) in [6.45, 7) is 0. The maximum atomic E-state index is 5.69. The quantitative estimate of drug-likeness (QED) is 0.768. The van der Waals surface area contributed by atoms with Crippen LogP contribution in [0.3, 0.4) is 0 Å². The van der Waals surface area contributed by atoms with Crippen LogP contribution in [0.2, 0.25) is 5.02 Å². The molecule has 1 atom stereocenters. The lowest BCUT2D eigenvalue weighted by Crippen LogP contribution is -2.17. The second kappa shape index (κ2) is 4.33. The van der Waals surface area contributed by atoms with Crippen molar-refractivity contribution in [3.8, 4) is 0 Å². The van der Waals surface area contributed by atoms with Crippen LogP contribution in [-0.2, 0) is 0 Å². The molecule has 0 heterocycles. The first kappa shape index (κ1) is 10.1. The SMILES string of the molecule is NC(c1ccc(Cl)cc1)C(Cl)Cl. The molecule has 0 amide bonds. The Morgan fingerprint density at radius 2 is 1.58 bits per heavy atom. The molecule has 0 spiro atoms. The van der Waals surface area contributed by atoms with Gasteiger partial charge in [0.25, 0.3) is 0 Å². The van der Waals surface area contributed by atoms with Crippen molar-refractivity contribution < 1.29 is 0 Å². The van der Waals surface area contributed by atoms with Crippen molar-refractivity contribution in [1.29, 1.82) is 0 Å². The Morgan fingerprint density at radius 1 is 1.08 bits per heavy atom. The summed E-state index contributed by atoms with van der Waals surface area (Å²) in [5.74, 6) is 0. The number of rotatable bonds is 2. The summed E-state index contributed by atoms with van der Waals surface area (Å²) in [5, 5.41) is 0.673. The molecule has 0 saturated carbocycles. The highest BCUT2D eigenvalue weighted by atomic mass is 35.5. The molecule has 1 unspecified atom stereocenters. The summed E-state index contributed by atoms with van der Waals surface area (Å²) in [6.07, 6.45) is 0. The van der Waals surface area contributed by atoms with Gasteiger partial charge in [0.2, 0.25) is 0 Å². The summed E-state index contributed by atoms with van der Waals surface area (Å²) in [4.78, 5) is -0.592. The second-order valence-electron chi connectivity index (χ2n) is 2.41. The number of hydrogen-bond acceptors (Lipinski definition) is 1. The molecule has 1 aromatic carbocycles. The third-order valence-electron chi connectivity index (χ3n) is 1.53. The second-order valence-corrected chi connectivity index (χ2v) is 4.01. The Kier molecular flexibility index (Phi) is 3.66. The van der Waals surface area contributed by atoms with Gasteiger partial charge in [-0.15, -0.1) is 23.2 Å². The fourth-order valence-corrected chi connectivity index (χ4v) is 1.25. The maximum absolute atomic E-state index is 5.69. The lowest BCUT2D eigenvalue weighted by Gasteiger charge is -2.12. The lowest BCUT2D eigenvalue weighted by molar-refractivity contribution is 0.789. The molecule has 0 bridgehead atoms. The number of halogens is 3. The minimum absolute atomic E-state index is 0.356. The normalized spacial score (nSPS) is 13.4. The number of alkyl halides is 2. The van der Waals surface area contributed by atoms with Crippen molar-refractivity contribution >= 4 is 34.8 Å². The van der Waals surface area contributed by atoms with E-state index in [2.05, 4.69) is 0 Å². The van der Waals surface area contributed by atoms with Gasteiger partial charge in [0.1, 0.15) is 4.84 Å².